The molecule has 2 unspecified atom stereocenters. The summed E-state index contributed by atoms with van der Waals surface area (Å²) in [6, 6.07) is 8.96. The maximum atomic E-state index is 15.2. The molecule has 1 aliphatic rings. The first-order chi connectivity index (χ1) is 19.2. The van der Waals surface area contributed by atoms with Gasteiger partial charge in [-0.1, -0.05) is 6.07 Å². The molecule has 4 rings (SSSR count). The topological polar surface area (TPSA) is 113 Å². The van der Waals surface area contributed by atoms with Crippen LogP contribution < -0.4 is 0 Å². The van der Waals surface area contributed by atoms with Crippen molar-refractivity contribution >= 4 is 22.7 Å². The van der Waals surface area contributed by atoms with Gasteiger partial charge in [0.15, 0.2) is 34.6 Å². The van der Waals surface area contributed by atoms with E-state index in [1.807, 2.05) is 0 Å². The zero-order valence-corrected chi connectivity index (χ0v) is 19.4. The van der Waals surface area contributed by atoms with Crippen LogP contribution in [0.3, 0.4) is 0 Å². The molecule has 3 aromatic rings. The van der Waals surface area contributed by atoms with E-state index in [1.165, 1.54) is 0 Å². The van der Waals surface area contributed by atoms with Crippen LogP contribution >= 0.6 is 0 Å². The lowest BCUT2D eigenvalue weighted by Gasteiger charge is -2.24. The summed E-state index contributed by atoms with van der Waals surface area (Å²) in [5, 5.41) is 39.5. The monoisotopic (exact) mass is 528 g/mol. The molecule has 0 aromatic heterocycles. The Morgan fingerprint density at radius 2 is 1.20 bits per heavy atom. The van der Waals surface area contributed by atoms with E-state index in [-0.39, 0.29) is 33.5 Å². The summed E-state index contributed by atoms with van der Waals surface area (Å²) in [4.78, 5) is 12.2. The van der Waals surface area contributed by atoms with Crippen LogP contribution in [-0.2, 0) is 0 Å². The third-order valence-corrected chi connectivity index (χ3v) is 6.43. The van der Waals surface area contributed by atoms with Crippen LogP contribution in [0.4, 0.5) is 40.3 Å². The Morgan fingerprint density at radius 3 is 1.65 bits per heavy atom. The highest BCUT2D eigenvalue weighted by Crippen LogP contribution is 2.60. The molecule has 0 bridgehead atoms. The molecule has 8 nitrogen and oxygen atoms in total. The highest BCUT2D eigenvalue weighted by atomic mass is 19.2. The molecule has 0 saturated heterocycles. The summed E-state index contributed by atoms with van der Waals surface area (Å²) in [6.45, 7) is 29.5. The van der Waals surface area contributed by atoms with Gasteiger partial charge >= 0.3 is 0 Å². The van der Waals surface area contributed by atoms with E-state index in [0.717, 1.165) is 12.1 Å². The molecular weight excluding hydrogens is 524 g/mol. The van der Waals surface area contributed by atoms with Crippen molar-refractivity contribution < 1.29 is 17.6 Å². The maximum Gasteiger partial charge on any atom is 0.262 e. The molecule has 0 saturated carbocycles. The second kappa shape index (κ2) is 9.64. The van der Waals surface area contributed by atoms with Crippen molar-refractivity contribution in [2.45, 2.75) is 11.8 Å². The van der Waals surface area contributed by atoms with Crippen molar-refractivity contribution in [3.05, 3.63) is 114 Å². The minimum Gasteiger partial charge on any atom is -0.262 e. The SMILES string of the molecule is [C-]#[N+]c1cc2c(c([N+]#[C-])c1[N+]#[C-])C(C(C#N)c1c(F)c(F)c([N+]#[C-])c(F)c1F)c1c-2cc(C#N)c(C#N)c1C#N. The normalized spacial score (nSPS) is 12.9. The van der Waals surface area contributed by atoms with Gasteiger partial charge in [-0.2, -0.15) is 21.0 Å². The van der Waals surface area contributed by atoms with Gasteiger partial charge < -0.3 is 0 Å². The summed E-state index contributed by atoms with van der Waals surface area (Å²) in [6.07, 6.45) is 0. The van der Waals surface area contributed by atoms with E-state index < -0.39 is 68.9 Å². The Hall–Kier alpha value is -6.70. The third-order valence-electron chi connectivity index (χ3n) is 6.43. The maximum absolute atomic E-state index is 15.2. The zero-order chi connectivity index (χ0) is 29.5. The van der Waals surface area contributed by atoms with Crippen molar-refractivity contribution in [1.82, 2.24) is 0 Å². The number of hydrogen-bond acceptors (Lipinski definition) is 4. The number of hydrogen-bond donors (Lipinski definition) is 0. The number of rotatable bonds is 2. The Labute approximate surface area is 223 Å². The van der Waals surface area contributed by atoms with Gasteiger partial charge in [-0.15, -0.1) is 0 Å². The second-order valence-corrected chi connectivity index (χ2v) is 8.07. The fourth-order valence-electron chi connectivity index (χ4n) is 4.86. The lowest BCUT2D eigenvalue weighted by Crippen LogP contribution is -2.16. The predicted octanol–water partition coefficient (Wildman–Crippen LogP) is 7.48. The highest BCUT2D eigenvalue weighted by Gasteiger charge is 2.44. The Balaban J connectivity index is 2.30. The molecule has 0 aliphatic heterocycles. The van der Waals surface area contributed by atoms with Crippen LogP contribution in [-0.4, -0.2) is 0 Å². The molecule has 0 radical (unpaired) electrons. The molecule has 0 spiro atoms. The van der Waals surface area contributed by atoms with Gasteiger partial charge in [0, 0.05) is 11.5 Å². The summed E-state index contributed by atoms with van der Waals surface area (Å²) >= 11 is 0. The van der Waals surface area contributed by atoms with Crippen molar-refractivity contribution in [3.63, 3.8) is 0 Å². The van der Waals surface area contributed by atoms with Crippen LogP contribution in [0.25, 0.3) is 30.5 Å². The van der Waals surface area contributed by atoms with Gasteiger partial charge in [-0.3, -0.25) is 14.5 Å². The van der Waals surface area contributed by atoms with E-state index in [2.05, 4.69) is 19.4 Å². The second-order valence-electron chi connectivity index (χ2n) is 8.07. The number of halogens is 4. The van der Waals surface area contributed by atoms with Gasteiger partial charge in [-0.25, -0.2) is 22.4 Å². The first-order valence-electron chi connectivity index (χ1n) is 10.6. The van der Waals surface area contributed by atoms with E-state index >= 15 is 8.78 Å². The Bertz CT molecular complexity index is 1930. The van der Waals surface area contributed by atoms with Crippen LogP contribution in [0.15, 0.2) is 12.1 Å². The average Bonchev–Trinajstić information content (AvgIpc) is 3.29. The minimum absolute atomic E-state index is 0.0540. The minimum atomic E-state index is -2.21. The summed E-state index contributed by atoms with van der Waals surface area (Å²) in [7, 11) is 0. The summed E-state index contributed by atoms with van der Waals surface area (Å²) in [5.41, 5.74) is -6.31. The first-order valence-corrected chi connectivity index (χ1v) is 10.6. The Morgan fingerprint density at radius 1 is 0.650 bits per heavy atom. The Kier molecular flexibility index (Phi) is 6.35. The lowest BCUT2D eigenvalue weighted by molar-refractivity contribution is 0.437. The number of nitrogens with zero attached hydrogens (tertiary/aromatic N) is 8. The van der Waals surface area contributed by atoms with Crippen molar-refractivity contribution in [3.8, 4) is 35.4 Å². The molecule has 0 amide bonds. The predicted molar refractivity (Wildman–Crippen MR) is 128 cm³/mol. The van der Waals surface area contributed by atoms with Crippen molar-refractivity contribution in [1.29, 1.82) is 21.0 Å². The summed E-state index contributed by atoms with van der Waals surface area (Å²) < 4.78 is 59.8. The van der Waals surface area contributed by atoms with Gasteiger partial charge in [0.05, 0.1) is 55.0 Å². The molecule has 184 valence electrons. The molecule has 40 heavy (non-hydrogen) atoms. The van der Waals surface area contributed by atoms with Crippen molar-refractivity contribution in [2.24, 2.45) is 0 Å². The van der Waals surface area contributed by atoms with E-state index in [9.17, 15) is 29.8 Å². The third kappa shape index (κ3) is 3.30. The quantitative estimate of drug-likeness (QED) is 0.195. The van der Waals surface area contributed by atoms with Crippen LogP contribution in [0.2, 0.25) is 0 Å². The molecule has 0 N–H and O–H groups in total. The van der Waals surface area contributed by atoms with E-state index in [4.69, 9.17) is 26.3 Å². The average molecular weight is 528 g/mol. The summed E-state index contributed by atoms with van der Waals surface area (Å²) in [5.74, 6) is -12.3. The van der Waals surface area contributed by atoms with Crippen LogP contribution in [0.1, 0.15) is 45.2 Å². The molecule has 2 atom stereocenters. The van der Waals surface area contributed by atoms with Gasteiger partial charge in [0.1, 0.15) is 18.2 Å². The number of nitriles is 4. The van der Waals surface area contributed by atoms with Gasteiger partial charge in [-0.05, 0) is 28.3 Å². The van der Waals surface area contributed by atoms with Gasteiger partial charge in [0.2, 0.25) is 5.69 Å². The van der Waals surface area contributed by atoms with Gasteiger partial charge in [0.25, 0.3) is 5.69 Å². The zero-order valence-electron chi connectivity index (χ0n) is 19.4. The largest absolute Gasteiger partial charge is 0.262 e. The number of fused-ring (bicyclic) bond motifs is 3. The van der Waals surface area contributed by atoms with Crippen LogP contribution in [0.5, 0.6) is 0 Å². The highest BCUT2D eigenvalue weighted by molar-refractivity contribution is 5.99. The van der Waals surface area contributed by atoms with Crippen molar-refractivity contribution in [2.75, 3.05) is 0 Å². The fourth-order valence-corrected chi connectivity index (χ4v) is 4.86. The molecule has 0 fully saturated rings. The lowest BCUT2D eigenvalue weighted by atomic mass is 9.77. The smallest absolute Gasteiger partial charge is 0.262 e. The first kappa shape index (κ1) is 26.4. The molecule has 0 heterocycles. The van der Waals surface area contributed by atoms with E-state index in [1.54, 1.807) is 24.3 Å². The van der Waals surface area contributed by atoms with Crippen LogP contribution in [0, 0.1) is 94.9 Å². The molecular formula is C28H4F4N8. The molecule has 3 aromatic carbocycles. The fraction of sp³-hybridized carbons (Fsp3) is 0.0714. The van der Waals surface area contributed by atoms with E-state index in [0.29, 0.717) is 0 Å². The molecule has 12 heteroatoms. The standard InChI is InChI=1S/C28H4F4N8/c1-37-17-6-13-12-5-11(7-33)14(8-34)15(9-35)18(12)19(20(13)27(39-3)26(17)38-2)16(10-36)21-22(29)24(31)28(40-4)25(32)23(21)30/h5-6,16,19H. The molecule has 1 aliphatic carbocycles. The number of benzene rings is 3.